The molecule has 3 aromatic rings. The van der Waals surface area contributed by atoms with E-state index in [4.69, 9.17) is 32.7 Å². The maximum atomic E-state index is 12.4. The molecule has 0 atom stereocenters. The van der Waals surface area contributed by atoms with E-state index in [1.807, 2.05) is 29.6 Å². The van der Waals surface area contributed by atoms with Crippen LogP contribution in [0.3, 0.4) is 0 Å². The fraction of sp³-hybridized carbons (Fsp3) is 0.105. The molecular weight excluding hydrogens is 393 g/mol. The van der Waals surface area contributed by atoms with Crippen molar-refractivity contribution in [3.05, 3.63) is 74.4 Å². The van der Waals surface area contributed by atoms with Crippen molar-refractivity contribution in [1.29, 1.82) is 0 Å². The Morgan fingerprint density at radius 2 is 1.77 bits per heavy atom. The number of benzene rings is 2. The fourth-order valence-corrected chi connectivity index (χ4v) is 3.55. The summed E-state index contributed by atoms with van der Waals surface area (Å²) in [5.41, 5.74) is 1.29. The van der Waals surface area contributed by atoms with Crippen LogP contribution in [0.25, 0.3) is 0 Å². The molecule has 0 saturated heterocycles. The molecule has 1 N–H and O–H groups in total. The highest BCUT2D eigenvalue weighted by Crippen LogP contribution is 2.31. The van der Waals surface area contributed by atoms with Crippen LogP contribution in [0.15, 0.2) is 53.9 Å². The van der Waals surface area contributed by atoms with Gasteiger partial charge in [-0.25, -0.2) is 0 Å². The lowest BCUT2D eigenvalue weighted by Crippen LogP contribution is -2.11. The number of hydrogen-bond acceptors (Lipinski definition) is 4. The summed E-state index contributed by atoms with van der Waals surface area (Å²) in [5, 5.41) is 5.40. The van der Waals surface area contributed by atoms with Crippen LogP contribution >= 0.6 is 34.5 Å². The number of halogens is 2. The molecule has 1 heterocycles. The number of amides is 1. The first-order valence-electron chi connectivity index (χ1n) is 7.67. The quantitative estimate of drug-likeness (QED) is 0.553. The van der Waals surface area contributed by atoms with Gasteiger partial charge in [0.25, 0.3) is 5.91 Å². The molecule has 0 aliphatic carbocycles. The van der Waals surface area contributed by atoms with Gasteiger partial charge in [-0.2, -0.15) is 0 Å². The van der Waals surface area contributed by atoms with Crippen LogP contribution in [0.5, 0.6) is 11.5 Å². The summed E-state index contributed by atoms with van der Waals surface area (Å²) in [7, 11) is 1.59. The second kappa shape index (κ2) is 8.45. The third kappa shape index (κ3) is 4.30. The van der Waals surface area contributed by atoms with Gasteiger partial charge >= 0.3 is 0 Å². The van der Waals surface area contributed by atoms with Crippen molar-refractivity contribution in [3.63, 3.8) is 0 Å². The third-order valence-corrected chi connectivity index (χ3v) is 5.15. The van der Waals surface area contributed by atoms with E-state index in [0.29, 0.717) is 38.7 Å². The van der Waals surface area contributed by atoms with Crippen LogP contribution in [0.1, 0.15) is 15.2 Å². The molecule has 1 amide bonds. The van der Waals surface area contributed by atoms with Crippen molar-refractivity contribution >= 4 is 46.1 Å². The van der Waals surface area contributed by atoms with Gasteiger partial charge in [0.1, 0.15) is 6.61 Å². The van der Waals surface area contributed by atoms with Gasteiger partial charge in [-0.1, -0.05) is 41.4 Å². The number of nitrogens with one attached hydrogen (secondary N) is 1. The van der Waals surface area contributed by atoms with E-state index in [2.05, 4.69) is 5.32 Å². The minimum atomic E-state index is -0.270. The normalized spacial score (nSPS) is 10.4. The summed E-state index contributed by atoms with van der Waals surface area (Å²) in [5.74, 6) is 1.04. The van der Waals surface area contributed by atoms with E-state index >= 15 is 0 Å². The Labute approximate surface area is 165 Å². The molecule has 0 aliphatic rings. The molecule has 0 radical (unpaired) electrons. The number of thiophene rings is 1. The van der Waals surface area contributed by atoms with Crippen LogP contribution in [-0.4, -0.2) is 13.0 Å². The number of methoxy groups -OCH3 is 1. The van der Waals surface area contributed by atoms with E-state index in [1.165, 1.54) is 11.3 Å². The SMILES string of the molecule is COc1ccccc1OCc1csc(C(=O)Nc2c(Cl)cccc2Cl)c1. The average molecular weight is 408 g/mol. The van der Waals surface area contributed by atoms with Gasteiger partial charge in [-0.15, -0.1) is 11.3 Å². The maximum Gasteiger partial charge on any atom is 0.265 e. The largest absolute Gasteiger partial charge is 0.493 e. The van der Waals surface area contributed by atoms with Crippen LogP contribution in [0.4, 0.5) is 5.69 Å². The van der Waals surface area contributed by atoms with Crippen molar-refractivity contribution < 1.29 is 14.3 Å². The Morgan fingerprint density at radius 1 is 1.08 bits per heavy atom. The van der Waals surface area contributed by atoms with E-state index in [1.54, 1.807) is 31.4 Å². The van der Waals surface area contributed by atoms with Crippen molar-refractivity contribution in [2.75, 3.05) is 12.4 Å². The minimum absolute atomic E-state index is 0.270. The summed E-state index contributed by atoms with van der Waals surface area (Å²) in [6.07, 6.45) is 0. The topological polar surface area (TPSA) is 47.6 Å². The van der Waals surface area contributed by atoms with Crippen molar-refractivity contribution in [2.24, 2.45) is 0 Å². The van der Waals surface area contributed by atoms with Crippen LogP contribution < -0.4 is 14.8 Å². The molecule has 0 unspecified atom stereocenters. The summed E-state index contributed by atoms with van der Waals surface area (Å²) in [4.78, 5) is 13.0. The number of anilines is 1. The lowest BCUT2D eigenvalue weighted by atomic mass is 10.3. The van der Waals surface area contributed by atoms with Crippen molar-refractivity contribution in [2.45, 2.75) is 6.61 Å². The van der Waals surface area contributed by atoms with Crippen molar-refractivity contribution in [1.82, 2.24) is 0 Å². The summed E-state index contributed by atoms with van der Waals surface area (Å²) >= 11 is 13.5. The summed E-state index contributed by atoms with van der Waals surface area (Å²) in [6.45, 7) is 0.330. The Morgan fingerprint density at radius 3 is 2.46 bits per heavy atom. The third-order valence-electron chi connectivity index (χ3n) is 3.54. The Bertz CT molecular complexity index is 906. The number of carbonyl (C=O) groups is 1. The molecule has 0 saturated carbocycles. The van der Waals surface area contributed by atoms with Crippen LogP contribution in [0, 0.1) is 0 Å². The molecule has 7 heteroatoms. The average Bonchev–Trinajstić information content (AvgIpc) is 3.12. The van der Waals surface area contributed by atoms with E-state index < -0.39 is 0 Å². The molecule has 2 aromatic carbocycles. The zero-order valence-corrected chi connectivity index (χ0v) is 16.1. The fourth-order valence-electron chi connectivity index (χ4n) is 2.26. The number of hydrogen-bond donors (Lipinski definition) is 1. The smallest absolute Gasteiger partial charge is 0.265 e. The van der Waals surface area contributed by atoms with Gasteiger partial charge in [0.05, 0.1) is 27.7 Å². The predicted octanol–water partition coefficient (Wildman–Crippen LogP) is 5.89. The predicted molar refractivity (Wildman–Crippen MR) is 106 cm³/mol. The molecule has 0 spiro atoms. The molecule has 0 bridgehead atoms. The van der Waals surface area contributed by atoms with Crippen molar-refractivity contribution in [3.8, 4) is 11.5 Å². The molecule has 1 aromatic heterocycles. The summed E-state index contributed by atoms with van der Waals surface area (Å²) < 4.78 is 11.0. The molecule has 134 valence electrons. The highest BCUT2D eigenvalue weighted by Gasteiger charge is 2.14. The lowest BCUT2D eigenvalue weighted by molar-refractivity contribution is 0.103. The Balaban J connectivity index is 1.67. The van der Waals surface area contributed by atoms with E-state index in [0.717, 1.165) is 5.56 Å². The van der Waals surface area contributed by atoms with Gasteiger partial charge in [0.2, 0.25) is 0 Å². The molecule has 26 heavy (non-hydrogen) atoms. The van der Waals surface area contributed by atoms with Crippen LogP contribution in [-0.2, 0) is 6.61 Å². The highest BCUT2D eigenvalue weighted by molar-refractivity contribution is 7.12. The molecule has 0 aliphatic heterocycles. The number of ether oxygens (including phenoxy) is 2. The summed E-state index contributed by atoms with van der Waals surface area (Å²) in [6, 6.07) is 14.2. The number of carbonyl (C=O) groups excluding carboxylic acids is 1. The number of rotatable bonds is 6. The van der Waals surface area contributed by atoms with E-state index in [-0.39, 0.29) is 5.91 Å². The van der Waals surface area contributed by atoms with Gasteiger partial charge in [-0.05, 0) is 35.7 Å². The molecule has 0 fully saturated rings. The van der Waals surface area contributed by atoms with Gasteiger partial charge in [-0.3, -0.25) is 4.79 Å². The maximum absolute atomic E-state index is 12.4. The molecule has 4 nitrogen and oxygen atoms in total. The van der Waals surface area contributed by atoms with Crippen LogP contribution in [0.2, 0.25) is 10.0 Å². The van der Waals surface area contributed by atoms with E-state index in [9.17, 15) is 4.79 Å². The van der Waals surface area contributed by atoms with Gasteiger partial charge < -0.3 is 14.8 Å². The molecule has 3 rings (SSSR count). The second-order valence-corrected chi connectivity index (χ2v) is 7.04. The van der Waals surface area contributed by atoms with Gasteiger partial charge in [0.15, 0.2) is 11.5 Å². The standard InChI is InChI=1S/C19H15Cl2NO3S/c1-24-15-7-2-3-8-16(15)25-10-12-9-17(26-11-12)19(23)22-18-13(20)5-4-6-14(18)21/h2-9,11H,10H2,1H3,(H,22,23). The lowest BCUT2D eigenvalue weighted by Gasteiger charge is -2.09. The molecular formula is C19H15Cl2NO3S. The second-order valence-electron chi connectivity index (χ2n) is 5.31. The van der Waals surface area contributed by atoms with Gasteiger partial charge in [0, 0.05) is 5.56 Å². The first-order chi connectivity index (χ1) is 12.6. The number of para-hydroxylation sites is 3. The minimum Gasteiger partial charge on any atom is -0.493 e. The Hall–Kier alpha value is -2.21. The first-order valence-corrected chi connectivity index (χ1v) is 9.30. The zero-order valence-electron chi connectivity index (χ0n) is 13.8. The zero-order chi connectivity index (χ0) is 18.5. The highest BCUT2D eigenvalue weighted by atomic mass is 35.5. The Kier molecular flexibility index (Phi) is 6.04. The monoisotopic (exact) mass is 407 g/mol. The first kappa shape index (κ1) is 18.6.